The van der Waals surface area contributed by atoms with E-state index in [1.165, 1.54) is 0 Å². The van der Waals surface area contributed by atoms with Gasteiger partial charge in [-0.3, -0.25) is 9.59 Å². The number of nitrogens with one attached hydrogen (secondary N) is 2. The number of nitrogens with zero attached hydrogens (tertiary/aromatic N) is 1. The lowest BCUT2D eigenvalue weighted by Gasteiger charge is -2.18. The molecular weight excluding hydrogens is 334 g/mol. The molecule has 0 aliphatic heterocycles. The molecule has 1 aromatic rings. The Hall–Kier alpha value is -1.87. The highest BCUT2D eigenvalue weighted by Gasteiger charge is 2.41. The van der Waals surface area contributed by atoms with Gasteiger partial charge >= 0.3 is 0 Å². The van der Waals surface area contributed by atoms with E-state index >= 15 is 0 Å². The molecule has 21 heavy (non-hydrogen) atoms. The first-order chi connectivity index (χ1) is 10.1. The maximum absolute atomic E-state index is 12.1. The Morgan fingerprint density at radius 2 is 1.86 bits per heavy atom. The normalized spacial score (nSPS) is 16.0. The molecule has 0 atom stereocenters. The first-order valence-corrected chi connectivity index (χ1v) is 7.60. The van der Waals surface area contributed by atoms with Gasteiger partial charge in [-0.15, -0.1) is 0 Å². The maximum Gasteiger partial charge on any atom is 0.243 e. The van der Waals surface area contributed by atoms with Crippen molar-refractivity contribution in [3.05, 3.63) is 28.7 Å². The first-order valence-electron chi connectivity index (χ1n) is 6.81. The predicted octanol–water partition coefficient (Wildman–Crippen LogP) is 2.59. The fraction of sp³-hybridized carbons (Fsp3) is 0.400. The third kappa shape index (κ3) is 3.82. The first kappa shape index (κ1) is 15.5. The van der Waals surface area contributed by atoms with Crippen LogP contribution in [0.5, 0.6) is 0 Å². The van der Waals surface area contributed by atoms with Crippen molar-refractivity contribution >= 4 is 33.4 Å². The Kier molecular flexibility index (Phi) is 4.97. The molecular formula is C15H16BrN3O2. The number of anilines is 1. The van der Waals surface area contributed by atoms with E-state index in [4.69, 9.17) is 0 Å². The summed E-state index contributed by atoms with van der Waals surface area (Å²) in [7, 11) is 0. The summed E-state index contributed by atoms with van der Waals surface area (Å²) in [5.41, 5.74) is -0.286. The van der Waals surface area contributed by atoms with Gasteiger partial charge in [-0.25, -0.2) is 0 Å². The van der Waals surface area contributed by atoms with Crippen LogP contribution in [0.2, 0.25) is 0 Å². The number of hydrogen-bond acceptors (Lipinski definition) is 3. The number of nitriles is 1. The Balaban J connectivity index is 1.85. The molecule has 1 aliphatic carbocycles. The van der Waals surface area contributed by atoms with Crippen molar-refractivity contribution in [2.24, 2.45) is 5.41 Å². The van der Waals surface area contributed by atoms with Crippen LogP contribution in [-0.2, 0) is 9.59 Å². The predicted molar refractivity (Wildman–Crippen MR) is 82.3 cm³/mol. The highest BCUT2D eigenvalue weighted by atomic mass is 79.9. The van der Waals surface area contributed by atoms with Gasteiger partial charge in [-0.1, -0.05) is 28.8 Å². The molecule has 0 aromatic heterocycles. The molecule has 110 valence electrons. The van der Waals surface area contributed by atoms with Crippen molar-refractivity contribution in [3.63, 3.8) is 0 Å². The highest BCUT2D eigenvalue weighted by molar-refractivity contribution is 9.10. The second kappa shape index (κ2) is 6.72. The average Bonchev–Trinajstić information content (AvgIpc) is 2.97. The van der Waals surface area contributed by atoms with Crippen LogP contribution in [0.25, 0.3) is 0 Å². The van der Waals surface area contributed by atoms with Gasteiger partial charge in [0.05, 0.1) is 12.6 Å². The number of amides is 2. The Bertz CT molecular complexity index is 572. The molecule has 0 heterocycles. The van der Waals surface area contributed by atoms with Gasteiger partial charge in [-0.05, 0) is 37.1 Å². The summed E-state index contributed by atoms with van der Waals surface area (Å²) in [6.07, 6.45) is 2.91. The zero-order valence-corrected chi connectivity index (χ0v) is 13.1. The van der Waals surface area contributed by atoms with Crippen molar-refractivity contribution in [1.82, 2.24) is 5.32 Å². The zero-order chi connectivity index (χ0) is 15.3. The number of hydrogen-bond donors (Lipinski definition) is 2. The zero-order valence-electron chi connectivity index (χ0n) is 11.5. The minimum atomic E-state index is -0.947. The Morgan fingerprint density at radius 1 is 1.24 bits per heavy atom. The minimum Gasteiger partial charge on any atom is -0.346 e. The second-order valence-electron chi connectivity index (χ2n) is 5.14. The smallest absolute Gasteiger partial charge is 0.243 e. The highest BCUT2D eigenvalue weighted by Crippen LogP contribution is 2.37. The molecule has 2 N–H and O–H groups in total. The summed E-state index contributed by atoms with van der Waals surface area (Å²) in [5, 5.41) is 14.5. The van der Waals surface area contributed by atoms with Crippen LogP contribution in [0.4, 0.5) is 5.69 Å². The van der Waals surface area contributed by atoms with E-state index in [0.29, 0.717) is 18.5 Å². The van der Waals surface area contributed by atoms with Crippen LogP contribution in [-0.4, -0.2) is 18.4 Å². The van der Waals surface area contributed by atoms with E-state index in [1.807, 2.05) is 12.1 Å². The molecule has 0 radical (unpaired) electrons. The summed E-state index contributed by atoms with van der Waals surface area (Å²) in [6, 6.07) is 9.26. The monoisotopic (exact) mass is 349 g/mol. The molecule has 1 aliphatic rings. The van der Waals surface area contributed by atoms with Gasteiger partial charge in [0.2, 0.25) is 11.8 Å². The van der Waals surface area contributed by atoms with Crippen molar-refractivity contribution in [3.8, 4) is 6.07 Å². The summed E-state index contributed by atoms with van der Waals surface area (Å²) >= 11 is 3.31. The fourth-order valence-corrected chi connectivity index (χ4v) is 2.70. The molecule has 1 saturated carbocycles. The van der Waals surface area contributed by atoms with Crippen molar-refractivity contribution < 1.29 is 9.59 Å². The van der Waals surface area contributed by atoms with Gasteiger partial charge in [0, 0.05) is 10.2 Å². The lowest BCUT2D eigenvalue weighted by Crippen LogP contribution is -2.41. The largest absolute Gasteiger partial charge is 0.346 e. The molecule has 2 rings (SSSR count). The number of halogens is 1. The molecule has 6 heteroatoms. The van der Waals surface area contributed by atoms with Crippen LogP contribution in [0.1, 0.15) is 25.7 Å². The summed E-state index contributed by atoms with van der Waals surface area (Å²) in [5.74, 6) is -0.648. The molecule has 0 bridgehead atoms. The second-order valence-corrected chi connectivity index (χ2v) is 6.05. The van der Waals surface area contributed by atoms with Crippen molar-refractivity contribution in [2.45, 2.75) is 25.7 Å². The van der Waals surface area contributed by atoms with E-state index in [1.54, 1.807) is 12.1 Å². The van der Waals surface area contributed by atoms with E-state index in [2.05, 4.69) is 32.6 Å². The third-order valence-electron chi connectivity index (χ3n) is 3.64. The number of carbonyl (C=O) groups is 2. The average molecular weight is 350 g/mol. The standard InChI is InChI=1S/C15H16BrN3O2/c16-11-3-5-12(6-4-11)19-13(20)9-18-14(21)15(10-17)7-1-2-8-15/h3-6H,1-2,7-9H2,(H,18,21)(H,19,20). The van der Waals surface area contributed by atoms with Gasteiger partial charge in [0.15, 0.2) is 0 Å². The van der Waals surface area contributed by atoms with Crippen LogP contribution in [0.3, 0.4) is 0 Å². The molecule has 5 nitrogen and oxygen atoms in total. The summed E-state index contributed by atoms with van der Waals surface area (Å²) in [6.45, 7) is -0.127. The van der Waals surface area contributed by atoms with E-state index in [-0.39, 0.29) is 18.4 Å². The number of benzene rings is 1. The lowest BCUT2D eigenvalue weighted by molar-refractivity contribution is -0.129. The van der Waals surface area contributed by atoms with Crippen molar-refractivity contribution in [2.75, 3.05) is 11.9 Å². The van der Waals surface area contributed by atoms with Gasteiger partial charge < -0.3 is 10.6 Å². The molecule has 0 unspecified atom stereocenters. The van der Waals surface area contributed by atoms with Crippen LogP contribution in [0, 0.1) is 16.7 Å². The van der Waals surface area contributed by atoms with Gasteiger partial charge in [-0.2, -0.15) is 5.26 Å². The lowest BCUT2D eigenvalue weighted by atomic mass is 9.87. The Morgan fingerprint density at radius 3 is 2.43 bits per heavy atom. The fourth-order valence-electron chi connectivity index (χ4n) is 2.44. The quantitative estimate of drug-likeness (QED) is 0.876. The van der Waals surface area contributed by atoms with Crippen molar-refractivity contribution in [1.29, 1.82) is 5.26 Å². The maximum atomic E-state index is 12.1. The Labute approximate surface area is 131 Å². The van der Waals surface area contributed by atoms with Crippen LogP contribution in [0.15, 0.2) is 28.7 Å². The molecule has 1 fully saturated rings. The molecule has 0 spiro atoms. The summed E-state index contributed by atoms with van der Waals surface area (Å²) < 4.78 is 0.922. The van der Waals surface area contributed by atoms with E-state index in [9.17, 15) is 14.9 Å². The molecule has 1 aromatic carbocycles. The van der Waals surface area contributed by atoms with Gasteiger partial charge in [0.25, 0.3) is 0 Å². The minimum absolute atomic E-state index is 0.127. The third-order valence-corrected chi connectivity index (χ3v) is 4.17. The SMILES string of the molecule is N#CC1(C(=O)NCC(=O)Nc2ccc(Br)cc2)CCCC1. The topological polar surface area (TPSA) is 82.0 Å². The summed E-state index contributed by atoms with van der Waals surface area (Å²) in [4.78, 5) is 23.9. The number of rotatable bonds is 4. The molecule has 0 saturated heterocycles. The van der Waals surface area contributed by atoms with E-state index in [0.717, 1.165) is 17.3 Å². The molecule has 2 amide bonds. The van der Waals surface area contributed by atoms with Crippen LogP contribution >= 0.6 is 15.9 Å². The van der Waals surface area contributed by atoms with Crippen LogP contribution < -0.4 is 10.6 Å². The number of carbonyl (C=O) groups excluding carboxylic acids is 2. The van der Waals surface area contributed by atoms with Gasteiger partial charge in [0.1, 0.15) is 5.41 Å². The van der Waals surface area contributed by atoms with E-state index < -0.39 is 5.41 Å².